The van der Waals surface area contributed by atoms with Crippen LogP contribution in [-0.2, 0) is 16.4 Å². The van der Waals surface area contributed by atoms with Crippen molar-refractivity contribution in [3.63, 3.8) is 0 Å². The van der Waals surface area contributed by atoms with Crippen LogP contribution in [0.3, 0.4) is 0 Å². The van der Waals surface area contributed by atoms with Gasteiger partial charge in [-0.15, -0.1) is 11.3 Å². The summed E-state index contributed by atoms with van der Waals surface area (Å²) in [4.78, 5) is 0. The van der Waals surface area contributed by atoms with Crippen molar-refractivity contribution in [3.05, 3.63) is 46.3 Å². The second kappa shape index (κ2) is 6.26. The lowest BCUT2D eigenvalue weighted by atomic mass is 10.2. The van der Waals surface area contributed by atoms with Gasteiger partial charge in [0.2, 0.25) is 0 Å². The zero-order valence-electron chi connectivity index (χ0n) is 9.77. The van der Waals surface area contributed by atoms with Gasteiger partial charge in [-0.05, 0) is 36.2 Å². The van der Waals surface area contributed by atoms with Crippen LogP contribution < -0.4 is 4.72 Å². The van der Waals surface area contributed by atoms with Crippen molar-refractivity contribution < 1.29 is 8.42 Å². The maximum absolute atomic E-state index is 12.1. The van der Waals surface area contributed by atoms with Crippen LogP contribution in [0.2, 0.25) is 4.34 Å². The molecule has 0 spiro atoms. The van der Waals surface area contributed by atoms with E-state index >= 15 is 0 Å². The van der Waals surface area contributed by atoms with Gasteiger partial charge in [-0.1, -0.05) is 39.7 Å². The molecule has 2 rings (SSSR count). The lowest BCUT2D eigenvalue weighted by molar-refractivity contribution is 0.603. The van der Waals surface area contributed by atoms with Gasteiger partial charge in [0.15, 0.2) is 0 Å². The van der Waals surface area contributed by atoms with E-state index in [0.717, 1.165) is 28.7 Å². The number of halogens is 2. The molecule has 0 amide bonds. The molecule has 1 heterocycles. The molecule has 1 aromatic carbocycles. The average Bonchev–Trinajstić information content (AvgIpc) is 2.79. The summed E-state index contributed by atoms with van der Waals surface area (Å²) in [5.74, 6) is 0. The number of hydrogen-bond donors (Lipinski definition) is 1. The predicted octanol–water partition coefficient (Wildman–Crippen LogP) is 4.14. The van der Waals surface area contributed by atoms with E-state index in [2.05, 4.69) is 20.7 Å². The molecule has 19 heavy (non-hydrogen) atoms. The third-order valence-electron chi connectivity index (χ3n) is 2.40. The third-order valence-corrected chi connectivity index (χ3v) is 5.90. The molecule has 0 atom stereocenters. The number of anilines is 1. The molecule has 0 aliphatic heterocycles. The Morgan fingerprint density at radius 3 is 2.37 bits per heavy atom. The maximum atomic E-state index is 12.1. The summed E-state index contributed by atoms with van der Waals surface area (Å²) in [6.45, 7) is 0. The zero-order chi connectivity index (χ0) is 13.9. The number of hydrogen-bond acceptors (Lipinski definition) is 3. The first-order valence-electron chi connectivity index (χ1n) is 5.44. The Morgan fingerprint density at radius 1 is 1.16 bits per heavy atom. The maximum Gasteiger partial charge on any atom is 0.271 e. The highest BCUT2D eigenvalue weighted by molar-refractivity contribution is 9.09. The Hall–Kier alpha value is -0.560. The molecule has 7 heteroatoms. The second-order valence-electron chi connectivity index (χ2n) is 3.80. The number of thiophene rings is 1. The van der Waals surface area contributed by atoms with Crippen molar-refractivity contribution in [2.75, 3.05) is 10.1 Å². The summed E-state index contributed by atoms with van der Waals surface area (Å²) in [5, 5.41) is 0.881. The Bertz CT molecular complexity index is 653. The van der Waals surface area contributed by atoms with Gasteiger partial charge in [-0.25, -0.2) is 8.42 Å². The van der Waals surface area contributed by atoms with Gasteiger partial charge in [0.1, 0.15) is 4.21 Å². The van der Waals surface area contributed by atoms with Gasteiger partial charge in [-0.3, -0.25) is 4.72 Å². The first-order valence-corrected chi connectivity index (χ1v) is 9.24. The van der Waals surface area contributed by atoms with Crippen LogP contribution in [-0.4, -0.2) is 13.7 Å². The fourth-order valence-electron chi connectivity index (χ4n) is 1.50. The standard InChI is InChI=1S/C12H11BrClNO2S2/c13-8-7-9-1-3-10(4-2-9)15-19(16,17)12-6-5-11(14)18-12/h1-6,15H,7-8H2. The Morgan fingerprint density at radius 2 is 1.84 bits per heavy atom. The molecule has 0 aliphatic rings. The van der Waals surface area contributed by atoms with Gasteiger partial charge < -0.3 is 0 Å². The number of sulfonamides is 1. The van der Waals surface area contributed by atoms with Crippen LogP contribution in [0.5, 0.6) is 0 Å². The highest BCUT2D eigenvalue weighted by Crippen LogP contribution is 2.27. The van der Waals surface area contributed by atoms with Crippen LogP contribution in [0.1, 0.15) is 5.56 Å². The first-order chi connectivity index (χ1) is 9.01. The lowest BCUT2D eigenvalue weighted by Crippen LogP contribution is -2.11. The minimum absolute atomic E-state index is 0.210. The summed E-state index contributed by atoms with van der Waals surface area (Å²) in [6.07, 6.45) is 0.910. The Kier molecular flexibility index (Phi) is 4.89. The van der Waals surface area contributed by atoms with E-state index < -0.39 is 10.0 Å². The highest BCUT2D eigenvalue weighted by Gasteiger charge is 2.16. The van der Waals surface area contributed by atoms with E-state index in [1.807, 2.05) is 12.1 Å². The smallest absolute Gasteiger partial charge is 0.271 e. The summed E-state index contributed by atoms with van der Waals surface area (Å²) in [5.41, 5.74) is 1.70. The fourth-order valence-corrected chi connectivity index (χ4v) is 4.50. The van der Waals surface area contributed by atoms with Gasteiger partial charge in [0, 0.05) is 11.0 Å². The van der Waals surface area contributed by atoms with E-state index in [0.29, 0.717) is 10.0 Å². The number of alkyl halides is 1. The molecule has 1 aromatic heterocycles. The molecule has 0 unspecified atom stereocenters. The van der Waals surface area contributed by atoms with Crippen molar-refractivity contribution in [3.8, 4) is 0 Å². The molecule has 0 saturated heterocycles. The monoisotopic (exact) mass is 379 g/mol. The lowest BCUT2D eigenvalue weighted by Gasteiger charge is -2.06. The van der Waals surface area contributed by atoms with Crippen LogP contribution in [0.25, 0.3) is 0 Å². The summed E-state index contributed by atoms with van der Waals surface area (Å²) in [7, 11) is -3.54. The quantitative estimate of drug-likeness (QED) is 0.792. The largest absolute Gasteiger partial charge is 0.279 e. The van der Waals surface area contributed by atoms with Gasteiger partial charge in [0.25, 0.3) is 10.0 Å². The van der Waals surface area contributed by atoms with Gasteiger partial charge >= 0.3 is 0 Å². The molecule has 102 valence electrons. The number of aryl methyl sites for hydroxylation is 1. The topological polar surface area (TPSA) is 46.2 Å². The first kappa shape index (κ1) is 14.8. The average molecular weight is 381 g/mol. The van der Waals surface area contributed by atoms with Crippen molar-refractivity contribution in [2.45, 2.75) is 10.6 Å². The normalized spacial score (nSPS) is 11.5. The van der Waals surface area contributed by atoms with Crippen LogP contribution in [0.15, 0.2) is 40.6 Å². The third kappa shape index (κ3) is 3.95. The molecule has 0 aliphatic carbocycles. The van der Waals surface area contributed by atoms with Crippen LogP contribution in [0.4, 0.5) is 5.69 Å². The van der Waals surface area contributed by atoms with E-state index in [1.54, 1.807) is 18.2 Å². The number of nitrogens with one attached hydrogen (secondary N) is 1. The van der Waals surface area contributed by atoms with E-state index in [9.17, 15) is 8.42 Å². The van der Waals surface area contributed by atoms with Crippen molar-refractivity contribution in [1.29, 1.82) is 0 Å². The molecule has 0 bridgehead atoms. The minimum Gasteiger partial charge on any atom is -0.279 e. The Balaban J connectivity index is 2.16. The molecule has 0 radical (unpaired) electrons. The van der Waals surface area contributed by atoms with Crippen molar-refractivity contribution in [2.24, 2.45) is 0 Å². The predicted molar refractivity (Wildman–Crippen MR) is 84.1 cm³/mol. The summed E-state index contributed by atoms with van der Waals surface area (Å²) >= 11 is 10.1. The summed E-state index contributed by atoms with van der Waals surface area (Å²) < 4.78 is 27.3. The van der Waals surface area contributed by atoms with E-state index in [-0.39, 0.29) is 4.21 Å². The SMILES string of the molecule is O=S(=O)(Nc1ccc(CCBr)cc1)c1ccc(Cl)s1. The minimum atomic E-state index is -3.54. The molecule has 1 N–H and O–H groups in total. The van der Waals surface area contributed by atoms with Gasteiger partial charge in [-0.2, -0.15) is 0 Å². The zero-order valence-corrected chi connectivity index (χ0v) is 13.7. The fraction of sp³-hybridized carbons (Fsp3) is 0.167. The van der Waals surface area contributed by atoms with E-state index in [1.165, 1.54) is 6.07 Å². The van der Waals surface area contributed by atoms with Crippen molar-refractivity contribution in [1.82, 2.24) is 0 Å². The second-order valence-corrected chi connectivity index (χ2v) is 8.22. The summed E-state index contributed by atoms with van der Waals surface area (Å²) in [6, 6.07) is 10.4. The highest BCUT2D eigenvalue weighted by atomic mass is 79.9. The number of rotatable bonds is 5. The van der Waals surface area contributed by atoms with Crippen molar-refractivity contribution >= 4 is 54.6 Å². The number of benzene rings is 1. The van der Waals surface area contributed by atoms with E-state index in [4.69, 9.17) is 11.6 Å². The van der Waals surface area contributed by atoms with Gasteiger partial charge in [0.05, 0.1) is 4.34 Å². The van der Waals surface area contributed by atoms with Crippen LogP contribution >= 0.6 is 38.9 Å². The molecule has 2 aromatic rings. The molecule has 0 saturated carbocycles. The molecule has 3 nitrogen and oxygen atoms in total. The Labute approximate surface area is 129 Å². The molecular formula is C12H11BrClNO2S2. The van der Waals surface area contributed by atoms with Crippen LogP contribution in [0, 0.1) is 0 Å². The molecule has 0 fully saturated rings. The molecular weight excluding hydrogens is 370 g/mol.